The number of oxazole rings is 1. The van der Waals surface area contributed by atoms with Gasteiger partial charge >= 0.3 is 11.8 Å². The first kappa shape index (κ1) is 20.4. The van der Waals surface area contributed by atoms with Crippen LogP contribution in [0, 0.1) is 0 Å². The highest BCUT2D eigenvalue weighted by Gasteiger charge is 2.21. The van der Waals surface area contributed by atoms with Crippen molar-refractivity contribution in [3.63, 3.8) is 0 Å². The van der Waals surface area contributed by atoms with Crippen LogP contribution in [0.25, 0.3) is 11.1 Å². The standard InChI is InChI=1S/C23H27N3O4/c1-25-12-9-18(10-13-25)19-7-8-20-21(15-19)30-23(28)26(20)22(27)24-11-14-29-16-17-5-3-2-4-6-17/h2-8,15,18H,9-14,16H2,1H3,(H,24,27). The number of nitrogens with zero attached hydrogens (tertiary/aromatic N) is 2. The molecule has 1 aliphatic rings. The van der Waals surface area contributed by atoms with Crippen molar-refractivity contribution in [1.82, 2.24) is 14.8 Å². The third-order valence-electron chi connectivity index (χ3n) is 5.63. The van der Waals surface area contributed by atoms with E-state index in [0.29, 0.717) is 36.8 Å². The number of amides is 1. The summed E-state index contributed by atoms with van der Waals surface area (Å²) in [5, 5.41) is 2.72. The van der Waals surface area contributed by atoms with E-state index in [1.54, 1.807) is 6.07 Å². The van der Waals surface area contributed by atoms with Crippen LogP contribution in [0.1, 0.15) is 29.9 Å². The lowest BCUT2D eigenvalue weighted by molar-refractivity contribution is 0.123. The zero-order chi connectivity index (χ0) is 20.9. The van der Waals surface area contributed by atoms with E-state index in [1.165, 1.54) is 0 Å². The average Bonchev–Trinajstić information content (AvgIpc) is 3.09. The van der Waals surface area contributed by atoms with Crippen LogP contribution >= 0.6 is 0 Å². The molecule has 0 aliphatic carbocycles. The van der Waals surface area contributed by atoms with Gasteiger partial charge in [0.05, 0.1) is 18.7 Å². The number of piperidine rings is 1. The number of benzene rings is 2. The van der Waals surface area contributed by atoms with Crippen LogP contribution in [0.5, 0.6) is 0 Å². The van der Waals surface area contributed by atoms with Gasteiger partial charge in [-0.15, -0.1) is 0 Å². The number of fused-ring (bicyclic) bond motifs is 1. The molecule has 0 unspecified atom stereocenters. The molecule has 7 nitrogen and oxygen atoms in total. The minimum Gasteiger partial charge on any atom is -0.407 e. The van der Waals surface area contributed by atoms with Crippen molar-refractivity contribution in [3.8, 4) is 0 Å². The fraction of sp³-hybridized carbons (Fsp3) is 0.391. The van der Waals surface area contributed by atoms with Crippen molar-refractivity contribution in [1.29, 1.82) is 0 Å². The van der Waals surface area contributed by atoms with E-state index in [1.807, 2.05) is 42.5 Å². The first-order valence-electron chi connectivity index (χ1n) is 10.4. The molecule has 3 aromatic rings. The fourth-order valence-electron chi connectivity index (χ4n) is 3.90. The van der Waals surface area contributed by atoms with E-state index in [4.69, 9.17) is 9.15 Å². The van der Waals surface area contributed by atoms with Crippen LogP contribution < -0.4 is 11.1 Å². The Balaban J connectivity index is 1.36. The maximum absolute atomic E-state index is 12.5. The molecule has 1 aliphatic heterocycles. The molecule has 2 heterocycles. The van der Waals surface area contributed by atoms with Crippen molar-refractivity contribution < 1.29 is 13.9 Å². The summed E-state index contributed by atoms with van der Waals surface area (Å²) >= 11 is 0. The summed E-state index contributed by atoms with van der Waals surface area (Å²) in [5.74, 6) is -0.219. The van der Waals surface area contributed by atoms with Crippen LogP contribution in [0.3, 0.4) is 0 Å². The summed E-state index contributed by atoms with van der Waals surface area (Å²) in [4.78, 5) is 27.1. The zero-order valence-corrected chi connectivity index (χ0v) is 17.2. The summed E-state index contributed by atoms with van der Waals surface area (Å²) in [5.41, 5.74) is 3.17. The lowest BCUT2D eigenvalue weighted by atomic mass is 9.89. The van der Waals surface area contributed by atoms with E-state index < -0.39 is 11.8 Å². The highest BCUT2D eigenvalue weighted by atomic mass is 16.5. The number of likely N-dealkylation sites (tertiary alicyclic amines) is 1. The van der Waals surface area contributed by atoms with E-state index >= 15 is 0 Å². The summed E-state index contributed by atoms with van der Waals surface area (Å²) in [7, 11) is 2.13. The minimum atomic E-state index is -0.673. The Hall–Kier alpha value is -2.90. The zero-order valence-electron chi connectivity index (χ0n) is 17.2. The topological polar surface area (TPSA) is 76.7 Å². The molecule has 0 bridgehead atoms. The number of ether oxygens (including phenoxy) is 1. The Morgan fingerprint density at radius 1 is 1.17 bits per heavy atom. The minimum absolute atomic E-state index is 0.304. The van der Waals surface area contributed by atoms with Crippen molar-refractivity contribution >= 4 is 17.1 Å². The van der Waals surface area contributed by atoms with Gasteiger partial charge in [0.2, 0.25) is 0 Å². The second-order valence-corrected chi connectivity index (χ2v) is 7.78. The summed E-state index contributed by atoms with van der Waals surface area (Å²) in [6, 6.07) is 15.0. The fourth-order valence-corrected chi connectivity index (χ4v) is 3.90. The van der Waals surface area contributed by atoms with Gasteiger partial charge in [0.25, 0.3) is 0 Å². The monoisotopic (exact) mass is 409 g/mol. The molecule has 158 valence electrons. The molecule has 1 N–H and O–H groups in total. The smallest absolute Gasteiger partial charge is 0.407 e. The highest BCUT2D eigenvalue weighted by molar-refractivity contribution is 5.88. The number of hydrogen-bond acceptors (Lipinski definition) is 5. The predicted molar refractivity (Wildman–Crippen MR) is 115 cm³/mol. The first-order chi connectivity index (χ1) is 14.6. The van der Waals surface area contributed by atoms with Gasteiger partial charge in [0.1, 0.15) is 0 Å². The van der Waals surface area contributed by atoms with Crippen LogP contribution in [-0.2, 0) is 11.3 Å². The van der Waals surface area contributed by atoms with Gasteiger partial charge in [-0.1, -0.05) is 36.4 Å². The Bertz CT molecular complexity index is 1050. The Morgan fingerprint density at radius 3 is 2.70 bits per heavy atom. The average molecular weight is 409 g/mol. The van der Waals surface area contributed by atoms with Gasteiger partial charge in [-0.2, -0.15) is 4.57 Å². The van der Waals surface area contributed by atoms with E-state index in [0.717, 1.165) is 41.6 Å². The van der Waals surface area contributed by atoms with Crippen molar-refractivity contribution in [2.75, 3.05) is 33.3 Å². The van der Waals surface area contributed by atoms with Crippen LogP contribution in [0.2, 0.25) is 0 Å². The molecule has 0 radical (unpaired) electrons. The molecular formula is C23H27N3O4. The van der Waals surface area contributed by atoms with Gasteiger partial charge in [0, 0.05) is 6.54 Å². The molecule has 2 aromatic carbocycles. The number of carbonyl (C=O) groups is 1. The molecule has 1 fully saturated rings. The van der Waals surface area contributed by atoms with Crippen LogP contribution in [0.4, 0.5) is 4.79 Å². The molecule has 4 rings (SSSR count). The largest absolute Gasteiger partial charge is 0.428 e. The molecule has 1 saturated heterocycles. The molecule has 0 atom stereocenters. The molecule has 30 heavy (non-hydrogen) atoms. The van der Waals surface area contributed by atoms with Gasteiger partial charge in [-0.05, 0) is 62.2 Å². The maximum atomic E-state index is 12.5. The van der Waals surface area contributed by atoms with E-state index in [2.05, 4.69) is 17.3 Å². The number of carbonyl (C=O) groups excluding carboxylic acids is 1. The third-order valence-corrected chi connectivity index (χ3v) is 5.63. The number of hydrogen-bond donors (Lipinski definition) is 1. The third kappa shape index (κ3) is 4.63. The highest BCUT2D eigenvalue weighted by Crippen LogP contribution is 2.29. The number of nitrogens with one attached hydrogen (secondary N) is 1. The number of rotatable bonds is 6. The first-order valence-corrected chi connectivity index (χ1v) is 10.4. The summed E-state index contributed by atoms with van der Waals surface area (Å²) < 4.78 is 12.0. The lowest BCUT2D eigenvalue weighted by Crippen LogP contribution is -2.36. The van der Waals surface area contributed by atoms with Crippen LogP contribution in [0.15, 0.2) is 57.7 Å². The molecule has 1 aromatic heterocycles. The Kier molecular flexibility index (Phi) is 6.30. The quantitative estimate of drug-likeness (QED) is 0.633. The van der Waals surface area contributed by atoms with Gasteiger partial charge in [0.15, 0.2) is 5.58 Å². The lowest BCUT2D eigenvalue weighted by Gasteiger charge is -2.29. The second kappa shape index (κ2) is 9.28. The van der Waals surface area contributed by atoms with Crippen LogP contribution in [-0.4, -0.2) is 48.8 Å². The summed E-state index contributed by atoms with van der Waals surface area (Å²) in [6.45, 7) is 3.25. The van der Waals surface area contributed by atoms with Gasteiger partial charge in [-0.3, -0.25) is 0 Å². The molecule has 0 spiro atoms. The van der Waals surface area contributed by atoms with Gasteiger partial charge in [-0.25, -0.2) is 9.59 Å². The normalized spacial score (nSPS) is 15.5. The number of aromatic nitrogens is 1. The molecular weight excluding hydrogens is 382 g/mol. The second-order valence-electron chi connectivity index (χ2n) is 7.78. The molecule has 7 heteroatoms. The Morgan fingerprint density at radius 2 is 1.93 bits per heavy atom. The Labute approximate surface area is 175 Å². The SMILES string of the molecule is CN1CCC(c2ccc3c(c2)oc(=O)n3C(=O)NCCOCc2ccccc2)CC1. The molecule has 1 amide bonds. The summed E-state index contributed by atoms with van der Waals surface area (Å²) in [6.07, 6.45) is 2.16. The maximum Gasteiger partial charge on any atom is 0.428 e. The molecule has 0 saturated carbocycles. The van der Waals surface area contributed by atoms with Crippen molar-refractivity contribution in [2.24, 2.45) is 0 Å². The van der Waals surface area contributed by atoms with Gasteiger partial charge < -0.3 is 19.4 Å². The van der Waals surface area contributed by atoms with E-state index in [-0.39, 0.29) is 0 Å². The van der Waals surface area contributed by atoms with Crippen molar-refractivity contribution in [2.45, 2.75) is 25.4 Å². The predicted octanol–water partition coefficient (Wildman–Crippen LogP) is 3.18. The van der Waals surface area contributed by atoms with Crippen molar-refractivity contribution in [3.05, 3.63) is 70.2 Å². The van der Waals surface area contributed by atoms with E-state index in [9.17, 15) is 9.59 Å².